The summed E-state index contributed by atoms with van der Waals surface area (Å²) >= 11 is 0. The Morgan fingerprint density at radius 1 is 1.38 bits per heavy atom. The second-order valence-corrected chi connectivity index (χ2v) is 3.73. The number of aliphatic hydroxyl groups excluding tert-OH is 2. The first kappa shape index (κ1) is 12.9. The van der Waals surface area contributed by atoms with Crippen molar-refractivity contribution in [2.45, 2.75) is 32.5 Å². The van der Waals surface area contributed by atoms with Gasteiger partial charge in [0.15, 0.2) is 0 Å². The molecule has 0 aliphatic rings. The van der Waals surface area contributed by atoms with Crippen LogP contribution >= 0.6 is 0 Å². The van der Waals surface area contributed by atoms with Gasteiger partial charge < -0.3 is 14.9 Å². The molecule has 0 aliphatic carbocycles. The summed E-state index contributed by atoms with van der Waals surface area (Å²) in [5, 5.41) is 18.5. The average Bonchev–Trinajstić information content (AvgIpc) is 2.25. The predicted molar refractivity (Wildman–Crippen MR) is 58.8 cm³/mol. The molecule has 1 rings (SSSR count). The van der Waals surface area contributed by atoms with E-state index in [0.29, 0.717) is 12.2 Å². The molecular weight excluding hydrogens is 211 g/mol. The number of aliphatic hydroxyl groups is 2. The second-order valence-electron chi connectivity index (χ2n) is 3.73. The topological polar surface area (TPSA) is 49.7 Å². The monoisotopic (exact) mass is 228 g/mol. The molecule has 0 heterocycles. The van der Waals surface area contributed by atoms with E-state index < -0.39 is 18.0 Å². The van der Waals surface area contributed by atoms with Crippen molar-refractivity contribution in [2.24, 2.45) is 0 Å². The van der Waals surface area contributed by atoms with Crippen molar-refractivity contribution in [1.29, 1.82) is 0 Å². The summed E-state index contributed by atoms with van der Waals surface area (Å²) in [6.07, 6.45) is -0.788. The van der Waals surface area contributed by atoms with E-state index in [-0.39, 0.29) is 12.2 Å². The number of hydrogen-bond acceptors (Lipinski definition) is 3. The fourth-order valence-corrected chi connectivity index (χ4v) is 1.25. The van der Waals surface area contributed by atoms with E-state index in [0.717, 1.165) is 0 Å². The van der Waals surface area contributed by atoms with Crippen LogP contribution in [0.15, 0.2) is 18.2 Å². The Kier molecular flexibility index (Phi) is 4.71. The fourth-order valence-electron chi connectivity index (χ4n) is 1.25. The van der Waals surface area contributed by atoms with Crippen LogP contribution in [0.2, 0.25) is 0 Å². The van der Waals surface area contributed by atoms with Crippen LogP contribution in [0.4, 0.5) is 4.39 Å². The van der Waals surface area contributed by atoms with Crippen LogP contribution in [0.25, 0.3) is 0 Å². The summed E-state index contributed by atoms with van der Waals surface area (Å²) in [6.45, 7) is 3.48. The Bertz CT molecular complexity index is 339. The number of hydrogen-bond donors (Lipinski definition) is 2. The van der Waals surface area contributed by atoms with Crippen LogP contribution in [0.1, 0.15) is 31.9 Å². The molecule has 0 amide bonds. The smallest absolute Gasteiger partial charge is 0.132 e. The molecule has 3 nitrogen and oxygen atoms in total. The van der Waals surface area contributed by atoms with Crippen LogP contribution < -0.4 is 4.74 Å². The molecule has 90 valence electrons. The molecule has 0 aromatic heterocycles. The van der Waals surface area contributed by atoms with E-state index in [4.69, 9.17) is 4.74 Å². The van der Waals surface area contributed by atoms with Crippen molar-refractivity contribution in [3.63, 3.8) is 0 Å². The molecule has 16 heavy (non-hydrogen) atoms. The molecule has 0 spiro atoms. The fraction of sp³-hybridized carbons (Fsp3) is 0.500. The SMILES string of the molecule is CCC(O)COc1ccc([C@H](C)O)c(F)c1. The van der Waals surface area contributed by atoms with Gasteiger partial charge in [-0.1, -0.05) is 6.92 Å². The molecule has 0 bridgehead atoms. The number of benzene rings is 1. The standard InChI is InChI=1S/C12H17FO3/c1-3-9(15)7-16-10-4-5-11(8(2)14)12(13)6-10/h4-6,8-9,14-15H,3,7H2,1-2H3/t8-,9?/m0/s1. The van der Waals surface area contributed by atoms with Gasteiger partial charge in [0.2, 0.25) is 0 Å². The van der Waals surface area contributed by atoms with Crippen molar-refractivity contribution >= 4 is 0 Å². The Hall–Kier alpha value is -1.13. The Morgan fingerprint density at radius 2 is 2.06 bits per heavy atom. The highest BCUT2D eigenvalue weighted by Gasteiger charge is 2.09. The first-order chi connectivity index (χ1) is 7.54. The summed E-state index contributed by atoms with van der Waals surface area (Å²) in [6, 6.07) is 4.27. The maximum Gasteiger partial charge on any atom is 0.132 e. The molecule has 0 radical (unpaired) electrons. The zero-order valence-electron chi connectivity index (χ0n) is 9.48. The zero-order chi connectivity index (χ0) is 12.1. The van der Waals surface area contributed by atoms with Crippen molar-refractivity contribution in [3.05, 3.63) is 29.6 Å². The van der Waals surface area contributed by atoms with Gasteiger partial charge in [0.1, 0.15) is 18.2 Å². The largest absolute Gasteiger partial charge is 0.491 e. The Morgan fingerprint density at radius 3 is 2.56 bits per heavy atom. The minimum atomic E-state index is -0.838. The minimum Gasteiger partial charge on any atom is -0.491 e. The molecule has 0 saturated heterocycles. The lowest BCUT2D eigenvalue weighted by Gasteiger charge is -2.12. The lowest BCUT2D eigenvalue weighted by Crippen LogP contribution is -2.16. The van der Waals surface area contributed by atoms with Crippen molar-refractivity contribution in [2.75, 3.05) is 6.61 Å². The summed E-state index contributed by atoms with van der Waals surface area (Å²) in [5.41, 5.74) is 0.239. The van der Waals surface area contributed by atoms with Crippen molar-refractivity contribution in [3.8, 4) is 5.75 Å². The number of ether oxygens (including phenoxy) is 1. The quantitative estimate of drug-likeness (QED) is 0.810. The van der Waals surface area contributed by atoms with Gasteiger partial charge in [-0.05, 0) is 25.5 Å². The highest BCUT2D eigenvalue weighted by atomic mass is 19.1. The third-order valence-corrected chi connectivity index (χ3v) is 2.34. The first-order valence-corrected chi connectivity index (χ1v) is 5.33. The van der Waals surface area contributed by atoms with E-state index in [1.54, 1.807) is 6.07 Å². The lowest BCUT2D eigenvalue weighted by atomic mass is 10.1. The maximum absolute atomic E-state index is 13.4. The lowest BCUT2D eigenvalue weighted by molar-refractivity contribution is 0.104. The highest BCUT2D eigenvalue weighted by Crippen LogP contribution is 2.21. The molecule has 2 atom stereocenters. The molecule has 0 saturated carbocycles. The van der Waals surface area contributed by atoms with Gasteiger partial charge >= 0.3 is 0 Å². The second kappa shape index (κ2) is 5.82. The average molecular weight is 228 g/mol. The third-order valence-electron chi connectivity index (χ3n) is 2.34. The molecule has 0 fully saturated rings. The van der Waals surface area contributed by atoms with E-state index in [2.05, 4.69) is 0 Å². The molecule has 1 aromatic rings. The van der Waals surface area contributed by atoms with E-state index in [9.17, 15) is 14.6 Å². The van der Waals surface area contributed by atoms with E-state index in [1.165, 1.54) is 19.1 Å². The molecule has 1 unspecified atom stereocenters. The first-order valence-electron chi connectivity index (χ1n) is 5.33. The molecule has 1 aromatic carbocycles. The highest BCUT2D eigenvalue weighted by molar-refractivity contribution is 5.30. The van der Waals surface area contributed by atoms with Crippen LogP contribution in [0, 0.1) is 5.82 Å². The summed E-state index contributed by atoms with van der Waals surface area (Å²) < 4.78 is 18.6. The number of halogens is 1. The summed E-state index contributed by atoms with van der Waals surface area (Å²) in [5.74, 6) is -0.145. The van der Waals surface area contributed by atoms with Gasteiger partial charge in [-0.15, -0.1) is 0 Å². The van der Waals surface area contributed by atoms with Crippen molar-refractivity contribution in [1.82, 2.24) is 0 Å². The van der Waals surface area contributed by atoms with Gasteiger partial charge in [-0.3, -0.25) is 0 Å². The van der Waals surface area contributed by atoms with Gasteiger partial charge in [-0.2, -0.15) is 0 Å². The van der Waals surface area contributed by atoms with Gasteiger partial charge in [0.25, 0.3) is 0 Å². The van der Waals surface area contributed by atoms with Crippen molar-refractivity contribution < 1.29 is 19.3 Å². The molecule has 2 N–H and O–H groups in total. The summed E-state index contributed by atoms with van der Waals surface area (Å²) in [4.78, 5) is 0. The molecule has 0 aliphatic heterocycles. The molecular formula is C12H17FO3. The third kappa shape index (κ3) is 3.47. The van der Waals surface area contributed by atoms with Gasteiger partial charge in [0.05, 0.1) is 12.2 Å². The normalized spacial score (nSPS) is 14.6. The van der Waals surface area contributed by atoms with Gasteiger partial charge in [0, 0.05) is 11.6 Å². The van der Waals surface area contributed by atoms with Crippen LogP contribution in [0.3, 0.4) is 0 Å². The Balaban J connectivity index is 2.66. The van der Waals surface area contributed by atoms with Gasteiger partial charge in [-0.25, -0.2) is 4.39 Å². The Labute approximate surface area is 94.5 Å². The van der Waals surface area contributed by atoms with Crippen LogP contribution in [0.5, 0.6) is 5.75 Å². The van der Waals surface area contributed by atoms with E-state index in [1.807, 2.05) is 6.92 Å². The maximum atomic E-state index is 13.4. The molecule has 4 heteroatoms. The minimum absolute atomic E-state index is 0.143. The predicted octanol–water partition coefficient (Wildman–Crippen LogP) is 2.03. The number of rotatable bonds is 5. The van der Waals surface area contributed by atoms with Crippen LogP contribution in [-0.4, -0.2) is 22.9 Å². The summed E-state index contributed by atoms with van der Waals surface area (Å²) in [7, 11) is 0. The van der Waals surface area contributed by atoms with E-state index >= 15 is 0 Å². The zero-order valence-corrected chi connectivity index (χ0v) is 9.48. The van der Waals surface area contributed by atoms with Crippen LogP contribution in [-0.2, 0) is 0 Å².